The summed E-state index contributed by atoms with van der Waals surface area (Å²) in [5, 5.41) is 3.18. The van der Waals surface area contributed by atoms with Crippen molar-refractivity contribution < 1.29 is 4.79 Å². The number of thioether (sulfide) groups is 1. The van der Waals surface area contributed by atoms with Crippen molar-refractivity contribution in [3.05, 3.63) is 0 Å². The smallest absolute Gasteiger partial charge is 0.237 e. The number of carbonyl (C=O) groups excluding carboxylic acids is 1. The SMILES string of the molecule is CSCC[C@H](N)C(=O)NC(C1CC1)C1CC1.Cl. The maximum atomic E-state index is 11.9. The van der Waals surface area contributed by atoms with Gasteiger partial charge in [-0.25, -0.2) is 0 Å². The molecule has 0 aliphatic heterocycles. The number of amides is 1. The van der Waals surface area contributed by atoms with E-state index in [1.165, 1.54) is 25.7 Å². The van der Waals surface area contributed by atoms with Crippen molar-refractivity contribution in [3.8, 4) is 0 Å². The van der Waals surface area contributed by atoms with Gasteiger partial charge in [0.25, 0.3) is 0 Å². The van der Waals surface area contributed by atoms with E-state index < -0.39 is 0 Å². The predicted molar refractivity (Wildman–Crippen MR) is 75.6 cm³/mol. The van der Waals surface area contributed by atoms with Gasteiger partial charge in [0.05, 0.1) is 6.04 Å². The Hall–Kier alpha value is 0.0700. The van der Waals surface area contributed by atoms with E-state index in [1.54, 1.807) is 11.8 Å². The van der Waals surface area contributed by atoms with Crippen molar-refractivity contribution in [1.29, 1.82) is 0 Å². The Balaban J connectivity index is 0.00000144. The molecule has 0 radical (unpaired) electrons. The molecule has 0 aromatic heterocycles. The first kappa shape index (κ1) is 15.1. The molecule has 0 heterocycles. The molecule has 100 valence electrons. The molecule has 17 heavy (non-hydrogen) atoms. The Bertz CT molecular complexity index is 245. The molecular weight excluding hydrogens is 256 g/mol. The minimum atomic E-state index is -0.313. The number of rotatable bonds is 7. The van der Waals surface area contributed by atoms with Crippen LogP contribution in [0.5, 0.6) is 0 Å². The lowest BCUT2D eigenvalue weighted by molar-refractivity contribution is -0.123. The first-order valence-electron chi connectivity index (χ1n) is 6.27. The molecule has 1 amide bonds. The summed E-state index contributed by atoms with van der Waals surface area (Å²) in [6.45, 7) is 0. The van der Waals surface area contributed by atoms with Gasteiger partial charge in [0.1, 0.15) is 0 Å². The second-order valence-electron chi connectivity index (χ2n) is 5.10. The van der Waals surface area contributed by atoms with Gasteiger partial charge in [-0.15, -0.1) is 12.4 Å². The highest BCUT2D eigenvalue weighted by molar-refractivity contribution is 7.98. The highest BCUT2D eigenvalue weighted by atomic mass is 35.5. The summed E-state index contributed by atoms with van der Waals surface area (Å²) in [6.07, 6.45) is 8.00. The minimum absolute atomic E-state index is 0. The van der Waals surface area contributed by atoms with Gasteiger partial charge in [-0.2, -0.15) is 11.8 Å². The average molecular weight is 279 g/mol. The molecule has 0 aromatic rings. The molecule has 0 unspecified atom stereocenters. The third-order valence-corrected chi connectivity index (χ3v) is 4.18. The van der Waals surface area contributed by atoms with Gasteiger partial charge in [0, 0.05) is 6.04 Å². The summed E-state index contributed by atoms with van der Waals surface area (Å²) in [4.78, 5) is 11.9. The maximum absolute atomic E-state index is 11.9. The normalized spacial score (nSPS) is 20.9. The van der Waals surface area contributed by atoms with E-state index >= 15 is 0 Å². The summed E-state index contributed by atoms with van der Waals surface area (Å²) in [5.41, 5.74) is 5.87. The van der Waals surface area contributed by atoms with Crippen molar-refractivity contribution in [2.75, 3.05) is 12.0 Å². The van der Waals surface area contributed by atoms with Crippen molar-refractivity contribution in [2.45, 2.75) is 44.2 Å². The molecule has 2 saturated carbocycles. The largest absolute Gasteiger partial charge is 0.351 e. The molecule has 0 aromatic carbocycles. The first-order valence-corrected chi connectivity index (χ1v) is 7.66. The molecule has 0 bridgehead atoms. The summed E-state index contributed by atoms with van der Waals surface area (Å²) in [6, 6.07) is 0.125. The lowest BCUT2D eigenvalue weighted by Crippen LogP contribution is -2.47. The maximum Gasteiger partial charge on any atom is 0.237 e. The van der Waals surface area contributed by atoms with E-state index in [0.29, 0.717) is 6.04 Å². The third kappa shape index (κ3) is 4.68. The molecule has 2 rings (SSSR count). The first-order chi connectivity index (χ1) is 7.72. The van der Waals surface area contributed by atoms with Crippen LogP contribution in [0.2, 0.25) is 0 Å². The summed E-state index contributed by atoms with van der Waals surface area (Å²) in [7, 11) is 0. The van der Waals surface area contributed by atoms with E-state index in [9.17, 15) is 4.79 Å². The topological polar surface area (TPSA) is 55.1 Å². The van der Waals surface area contributed by atoms with Crippen molar-refractivity contribution >= 4 is 30.1 Å². The number of halogens is 1. The van der Waals surface area contributed by atoms with Gasteiger partial charge in [0.15, 0.2) is 0 Å². The molecule has 2 aliphatic rings. The van der Waals surface area contributed by atoms with Gasteiger partial charge < -0.3 is 11.1 Å². The number of hydrogen-bond acceptors (Lipinski definition) is 3. The Labute approximate surface area is 114 Å². The van der Waals surface area contributed by atoms with E-state index in [1.807, 2.05) is 6.26 Å². The Morgan fingerprint density at radius 3 is 2.29 bits per heavy atom. The zero-order chi connectivity index (χ0) is 11.5. The number of nitrogens with two attached hydrogens (primary N) is 1. The third-order valence-electron chi connectivity index (χ3n) is 3.54. The van der Waals surface area contributed by atoms with Gasteiger partial charge in [-0.3, -0.25) is 4.79 Å². The minimum Gasteiger partial charge on any atom is -0.351 e. The molecule has 5 heteroatoms. The molecule has 0 spiro atoms. The number of hydrogen-bond donors (Lipinski definition) is 2. The quantitative estimate of drug-likeness (QED) is 0.747. The molecule has 2 fully saturated rings. The second-order valence-corrected chi connectivity index (χ2v) is 6.08. The molecule has 0 saturated heterocycles. The molecule has 1 atom stereocenters. The van der Waals surface area contributed by atoms with E-state index in [0.717, 1.165) is 24.0 Å². The molecule has 3 nitrogen and oxygen atoms in total. The standard InChI is InChI=1S/C12H22N2OS.ClH/c1-16-7-6-10(13)12(15)14-11(8-2-3-8)9-4-5-9;/h8-11H,2-7,13H2,1H3,(H,14,15);1H/t10-;/m0./s1. The fraction of sp³-hybridized carbons (Fsp3) is 0.917. The molecular formula is C12H23ClN2OS. The Morgan fingerprint density at radius 2 is 1.88 bits per heavy atom. The molecule has 3 N–H and O–H groups in total. The second kappa shape index (κ2) is 6.86. The zero-order valence-electron chi connectivity index (χ0n) is 10.4. The van der Waals surface area contributed by atoms with Crippen LogP contribution in [0.25, 0.3) is 0 Å². The van der Waals surface area contributed by atoms with Gasteiger partial charge in [0.2, 0.25) is 5.91 Å². The van der Waals surface area contributed by atoms with Crippen LogP contribution in [0.4, 0.5) is 0 Å². The highest BCUT2D eigenvalue weighted by Crippen LogP contribution is 2.44. The fourth-order valence-electron chi connectivity index (χ4n) is 2.18. The van der Waals surface area contributed by atoms with E-state index in [4.69, 9.17) is 5.73 Å². The molecule has 2 aliphatic carbocycles. The van der Waals surface area contributed by atoms with Gasteiger partial charge in [-0.05, 0) is 55.9 Å². The van der Waals surface area contributed by atoms with Crippen molar-refractivity contribution in [3.63, 3.8) is 0 Å². The van der Waals surface area contributed by atoms with Gasteiger partial charge in [-0.1, -0.05) is 0 Å². The van der Waals surface area contributed by atoms with Crippen molar-refractivity contribution in [1.82, 2.24) is 5.32 Å². The average Bonchev–Trinajstić information content (AvgIpc) is 3.15. The van der Waals surface area contributed by atoms with Crippen LogP contribution < -0.4 is 11.1 Å². The predicted octanol–water partition coefficient (Wildman–Crippen LogP) is 1.79. The summed E-state index contributed by atoms with van der Waals surface area (Å²) >= 11 is 1.74. The fourth-order valence-corrected chi connectivity index (χ4v) is 2.67. The van der Waals surface area contributed by atoms with Crippen LogP contribution in [-0.2, 0) is 4.79 Å². The lowest BCUT2D eigenvalue weighted by Gasteiger charge is -2.20. The van der Waals surface area contributed by atoms with Crippen LogP contribution in [-0.4, -0.2) is 30.0 Å². The van der Waals surface area contributed by atoms with Crippen LogP contribution in [0.1, 0.15) is 32.1 Å². The van der Waals surface area contributed by atoms with Crippen molar-refractivity contribution in [2.24, 2.45) is 17.6 Å². The monoisotopic (exact) mass is 278 g/mol. The van der Waals surface area contributed by atoms with E-state index in [2.05, 4.69) is 5.32 Å². The number of carbonyl (C=O) groups is 1. The Morgan fingerprint density at radius 1 is 1.35 bits per heavy atom. The highest BCUT2D eigenvalue weighted by Gasteiger charge is 2.42. The summed E-state index contributed by atoms with van der Waals surface area (Å²) < 4.78 is 0. The van der Waals surface area contributed by atoms with Gasteiger partial charge >= 0.3 is 0 Å². The van der Waals surface area contributed by atoms with Crippen LogP contribution in [0, 0.1) is 11.8 Å². The summed E-state index contributed by atoms with van der Waals surface area (Å²) in [5.74, 6) is 2.54. The lowest BCUT2D eigenvalue weighted by atomic mass is 10.1. The Kier molecular flexibility index (Phi) is 6.10. The van der Waals surface area contributed by atoms with Crippen LogP contribution in [0.3, 0.4) is 0 Å². The zero-order valence-corrected chi connectivity index (χ0v) is 12.0. The number of nitrogens with one attached hydrogen (secondary N) is 1. The van der Waals surface area contributed by atoms with E-state index in [-0.39, 0.29) is 24.4 Å². The van der Waals surface area contributed by atoms with Crippen LogP contribution >= 0.6 is 24.2 Å². The van der Waals surface area contributed by atoms with Crippen LogP contribution in [0.15, 0.2) is 0 Å².